The highest BCUT2D eigenvalue weighted by molar-refractivity contribution is 7.92. The van der Waals surface area contributed by atoms with Crippen molar-refractivity contribution < 1.29 is 32.2 Å². The van der Waals surface area contributed by atoms with Crippen LogP contribution in [0, 0.1) is 0 Å². The third-order valence-corrected chi connectivity index (χ3v) is 9.80. The average Bonchev–Trinajstić information content (AvgIpc) is 3.12. The molecule has 0 spiro atoms. The van der Waals surface area contributed by atoms with E-state index in [1.54, 1.807) is 55.6 Å². The molecular formula is C37H41N3O7S. The average molecular weight is 672 g/mol. The number of unbranched alkanes of at least 4 members (excludes halogenated alkanes) is 1. The molecule has 0 radical (unpaired) electrons. The number of nitrogens with zero attached hydrogens (tertiary/aromatic N) is 2. The predicted molar refractivity (Wildman–Crippen MR) is 184 cm³/mol. The second kappa shape index (κ2) is 16.2. The molecule has 1 aliphatic heterocycles. The van der Waals surface area contributed by atoms with Gasteiger partial charge in [0.05, 0.1) is 17.7 Å². The Morgan fingerprint density at radius 1 is 0.854 bits per heavy atom. The van der Waals surface area contributed by atoms with Gasteiger partial charge < -0.3 is 24.4 Å². The Morgan fingerprint density at radius 3 is 2.25 bits per heavy atom. The molecule has 0 bridgehead atoms. The Labute approximate surface area is 282 Å². The second-order valence-corrected chi connectivity index (χ2v) is 13.2. The van der Waals surface area contributed by atoms with Crippen molar-refractivity contribution in [1.29, 1.82) is 0 Å². The van der Waals surface area contributed by atoms with E-state index in [-0.39, 0.29) is 29.5 Å². The smallest absolute Gasteiger partial charge is 0.264 e. The number of hydrogen-bond acceptors (Lipinski definition) is 7. The van der Waals surface area contributed by atoms with E-state index in [9.17, 15) is 18.0 Å². The van der Waals surface area contributed by atoms with Crippen LogP contribution in [0.1, 0.15) is 30.9 Å². The number of fused-ring (bicyclic) bond motifs is 1. The summed E-state index contributed by atoms with van der Waals surface area (Å²) in [6, 6.07) is 28.5. The summed E-state index contributed by atoms with van der Waals surface area (Å²) in [5, 5.41) is 3.00. The Morgan fingerprint density at radius 2 is 1.54 bits per heavy atom. The number of carbonyl (C=O) groups is 2. The maximum Gasteiger partial charge on any atom is 0.264 e. The zero-order chi connectivity index (χ0) is 33.9. The molecule has 0 fully saturated rings. The molecule has 1 aliphatic rings. The summed E-state index contributed by atoms with van der Waals surface area (Å²) >= 11 is 0. The summed E-state index contributed by atoms with van der Waals surface area (Å²) in [4.78, 5) is 30.1. The largest absolute Gasteiger partial charge is 0.497 e. The van der Waals surface area contributed by atoms with Crippen LogP contribution in [-0.4, -0.2) is 64.6 Å². The second-order valence-electron chi connectivity index (χ2n) is 11.4. The lowest BCUT2D eigenvalue weighted by Gasteiger charge is -2.34. The number of hydrogen-bond donors (Lipinski definition) is 1. The molecule has 5 rings (SSSR count). The first kappa shape index (κ1) is 34.3. The quantitative estimate of drug-likeness (QED) is 0.173. The molecule has 4 aromatic carbocycles. The molecule has 4 aromatic rings. The van der Waals surface area contributed by atoms with Crippen LogP contribution in [0.25, 0.3) is 0 Å². The molecule has 1 heterocycles. The summed E-state index contributed by atoms with van der Waals surface area (Å²) in [6.07, 6.45) is 1.89. The maximum atomic E-state index is 14.7. The molecule has 0 saturated heterocycles. The summed E-state index contributed by atoms with van der Waals surface area (Å²) in [7, 11) is -2.69. The first-order valence-electron chi connectivity index (χ1n) is 16.0. The van der Waals surface area contributed by atoms with Gasteiger partial charge in [-0.25, -0.2) is 8.42 Å². The fourth-order valence-electron chi connectivity index (χ4n) is 5.46. The minimum absolute atomic E-state index is 0.0187. The zero-order valence-corrected chi connectivity index (χ0v) is 28.0. The molecule has 2 amide bonds. The van der Waals surface area contributed by atoms with Gasteiger partial charge in [-0.15, -0.1) is 0 Å². The van der Waals surface area contributed by atoms with Crippen LogP contribution >= 0.6 is 0 Å². The third kappa shape index (κ3) is 8.46. The van der Waals surface area contributed by atoms with Gasteiger partial charge in [-0.3, -0.25) is 13.9 Å². The van der Waals surface area contributed by atoms with E-state index < -0.39 is 28.5 Å². The van der Waals surface area contributed by atoms with E-state index in [4.69, 9.17) is 14.2 Å². The molecule has 0 unspecified atom stereocenters. The number of rotatable bonds is 15. The van der Waals surface area contributed by atoms with Crippen LogP contribution in [0.2, 0.25) is 0 Å². The van der Waals surface area contributed by atoms with Crippen molar-refractivity contribution >= 4 is 27.5 Å². The van der Waals surface area contributed by atoms with Gasteiger partial charge in [0.1, 0.15) is 31.5 Å². The van der Waals surface area contributed by atoms with Gasteiger partial charge in [-0.2, -0.15) is 0 Å². The molecule has 1 atom stereocenters. The molecule has 10 nitrogen and oxygen atoms in total. The van der Waals surface area contributed by atoms with E-state index in [0.717, 1.165) is 28.3 Å². The summed E-state index contributed by atoms with van der Waals surface area (Å²) in [5.41, 5.74) is 1.81. The minimum atomic E-state index is -4.25. The number of methoxy groups -OCH3 is 1. The number of anilines is 1. The Bertz CT molecular complexity index is 1790. The number of sulfonamides is 1. The fourth-order valence-corrected chi connectivity index (χ4v) is 6.89. The number of benzene rings is 4. The lowest BCUT2D eigenvalue weighted by molar-refractivity contribution is -0.140. The van der Waals surface area contributed by atoms with E-state index in [1.165, 1.54) is 17.0 Å². The first-order chi connectivity index (χ1) is 23.3. The van der Waals surface area contributed by atoms with Crippen LogP contribution in [0.4, 0.5) is 5.69 Å². The Balaban J connectivity index is 1.58. The van der Waals surface area contributed by atoms with Crippen LogP contribution < -0.4 is 23.8 Å². The van der Waals surface area contributed by atoms with Gasteiger partial charge in [0, 0.05) is 25.6 Å². The van der Waals surface area contributed by atoms with Gasteiger partial charge in [-0.05, 0) is 53.9 Å². The first-order valence-corrected chi connectivity index (χ1v) is 17.5. The van der Waals surface area contributed by atoms with E-state index in [2.05, 4.69) is 5.32 Å². The maximum absolute atomic E-state index is 14.7. The molecule has 0 saturated carbocycles. The van der Waals surface area contributed by atoms with Crippen LogP contribution in [0.15, 0.2) is 108 Å². The SMILES string of the molecule is CCCCNC(=O)[C@H](Cc1ccccc1)N(Cc1cccc(OC)c1)C(=O)CN(c1ccc2c(c1)OCCO2)S(=O)(=O)c1ccccc1. The highest BCUT2D eigenvalue weighted by Crippen LogP contribution is 2.36. The van der Waals surface area contributed by atoms with E-state index >= 15 is 0 Å². The monoisotopic (exact) mass is 671 g/mol. The normalized spacial score (nSPS) is 12.9. The van der Waals surface area contributed by atoms with Crippen LogP contribution in [-0.2, 0) is 32.6 Å². The van der Waals surface area contributed by atoms with Gasteiger partial charge in [-0.1, -0.05) is 74.0 Å². The van der Waals surface area contributed by atoms with Crippen molar-refractivity contribution in [3.8, 4) is 17.2 Å². The molecule has 0 aliphatic carbocycles. The van der Waals surface area contributed by atoms with Gasteiger partial charge >= 0.3 is 0 Å². The lowest BCUT2D eigenvalue weighted by atomic mass is 10.0. The number of carbonyl (C=O) groups excluding carboxylic acids is 2. The van der Waals surface area contributed by atoms with Crippen molar-refractivity contribution in [2.24, 2.45) is 0 Å². The molecule has 48 heavy (non-hydrogen) atoms. The predicted octanol–water partition coefficient (Wildman–Crippen LogP) is 5.22. The minimum Gasteiger partial charge on any atom is -0.497 e. The van der Waals surface area contributed by atoms with Crippen LogP contribution in [0.5, 0.6) is 17.2 Å². The number of nitrogens with one attached hydrogen (secondary N) is 1. The van der Waals surface area contributed by atoms with Crippen molar-refractivity contribution in [1.82, 2.24) is 10.2 Å². The summed E-state index contributed by atoms with van der Waals surface area (Å²) in [6.45, 7) is 2.63. The van der Waals surface area contributed by atoms with Crippen molar-refractivity contribution in [3.05, 3.63) is 114 Å². The van der Waals surface area contributed by atoms with Crippen molar-refractivity contribution in [2.45, 2.75) is 43.7 Å². The summed E-state index contributed by atoms with van der Waals surface area (Å²) < 4.78 is 46.4. The third-order valence-electron chi connectivity index (χ3n) is 8.01. The Kier molecular flexibility index (Phi) is 11.6. The van der Waals surface area contributed by atoms with Gasteiger partial charge in [0.15, 0.2) is 11.5 Å². The molecule has 11 heteroatoms. The number of ether oxygens (including phenoxy) is 3. The topological polar surface area (TPSA) is 114 Å². The van der Waals surface area contributed by atoms with Gasteiger partial charge in [0.2, 0.25) is 11.8 Å². The van der Waals surface area contributed by atoms with E-state index in [1.807, 2.05) is 49.4 Å². The standard InChI is InChI=1S/C37H41N3O7S/c1-3-4-20-38-37(42)33(24-28-12-7-5-8-13-28)39(26-29-14-11-15-31(23-29)45-2)36(41)27-40(48(43,44)32-16-9-6-10-17-32)30-18-19-34-35(25-30)47-22-21-46-34/h5-19,23,25,33H,3-4,20-22,24,26-27H2,1-2H3,(H,38,42)/t33-/m0/s1. The highest BCUT2D eigenvalue weighted by Gasteiger charge is 2.35. The van der Waals surface area contributed by atoms with Crippen molar-refractivity contribution in [3.63, 3.8) is 0 Å². The lowest BCUT2D eigenvalue weighted by Crippen LogP contribution is -2.53. The number of amides is 2. The van der Waals surface area contributed by atoms with Crippen molar-refractivity contribution in [2.75, 3.05) is 37.7 Å². The van der Waals surface area contributed by atoms with Crippen LogP contribution in [0.3, 0.4) is 0 Å². The molecule has 0 aromatic heterocycles. The molecule has 252 valence electrons. The zero-order valence-electron chi connectivity index (χ0n) is 27.2. The fraction of sp³-hybridized carbons (Fsp3) is 0.297. The molecule has 1 N–H and O–H groups in total. The Hall–Kier alpha value is -5.03. The van der Waals surface area contributed by atoms with E-state index in [0.29, 0.717) is 37.0 Å². The van der Waals surface area contributed by atoms with Gasteiger partial charge in [0.25, 0.3) is 10.0 Å². The highest BCUT2D eigenvalue weighted by atomic mass is 32.2. The molecular weight excluding hydrogens is 630 g/mol. The summed E-state index contributed by atoms with van der Waals surface area (Å²) in [5.74, 6) is 0.584.